The molecule has 1 atom stereocenters. The van der Waals surface area contributed by atoms with Crippen LogP contribution in [0.25, 0.3) is 0 Å². The number of hydrogen-bond donors (Lipinski definition) is 3. The van der Waals surface area contributed by atoms with Crippen LogP contribution in [-0.2, 0) is 4.79 Å². The van der Waals surface area contributed by atoms with Crippen molar-refractivity contribution in [3.63, 3.8) is 0 Å². The summed E-state index contributed by atoms with van der Waals surface area (Å²) in [7, 11) is 0. The zero-order valence-electron chi connectivity index (χ0n) is 15.8. The largest absolute Gasteiger partial charge is 0.395 e. The van der Waals surface area contributed by atoms with Gasteiger partial charge in [-0.1, -0.05) is 49.4 Å². The maximum Gasteiger partial charge on any atom is 0.253 e. The Bertz CT molecular complexity index is 749. The van der Waals surface area contributed by atoms with Crippen LogP contribution in [0.15, 0.2) is 54.6 Å². The molecule has 0 heterocycles. The number of aliphatic hydroxyl groups excluding tert-OH is 1. The van der Waals surface area contributed by atoms with Crippen LogP contribution < -0.4 is 10.6 Å². The molecule has 0 bridgehead atoms. The van der Waals surface area contributed by atoms with Crippen LogP contribution in [0.4, 0.5) is 5.69 Å². The maximum absolute atomic E-state index is 12.7. The van der Waals surface area contributed by atoms with E-state index >= 15 is 0 Å². The second kappa shape index (κ2) is 10.4. The van der Waals surface area contributed by atoms with Gasteiger partial charge in [0.1, 0.15) is 0 Å². The van der Waals surface area contributed by atoms with Crippen molar-refractivity contribution in [3.05, 3.63) is 65.7 Å². The lowest BCUT2D eigenvalue weighted by Crippen LogP contribution is -2.35. The first kappa shape index (κ1) is 20.6. The molecule has 0 saturated carbocycles. The number of aliphatic hydroxyl groups is 1. The Hall–Kier alpha value is -2.70. The Morgan fingerprint density at radius 3 is 2.41 bits per heavy atom. The summed E-state index contributed by atoms with van der Waals surface area (Å²) >= 11 is 0. The Kier molecular flexibility index (Phi) is 7.98. The minimum Gasteiger partial charge on any atom is -0.395 e. The van der Waals surface area contributed by atoms with Crippen molar-refractivity contribution < 1.29 is 14.7 Å². The Morgan fingerprint density at radius 2 is 1.74 bits per heavy atom. The van der Waals surface area contributed by atoms with Crippen LogP contribution in [0.5, 0.6) is 0 Å². The molecule has 0 saturated heterocycles. The number of para-hydroxylation sites is 1. The number of nitrogens with one attached hydrogen (secondary N) is 2. The monoisotopic (exact) mass is 369 g/mol. The molecule has 0 aromatic heterocycles. The highest BCUT2D eigenvalue weighted by atomic mass is 16.3. The summed E-state index contributed by atoms with van der Waals surface area (Å²) in [6, 6.07) is 16.5. The molecule has 2 amide bonds. The van der Waals surface area contributed by atoms with Crippen molar-refractivity contribution >= 4 is 17.5 Å². The van der Waals surface area contributed by atoms with Gasteiger partial charge < -0.3 is 15.7 Å². The van der Waals surface area contributed by atoms with Gasteiger partial charge in [0.25, 0.3) is 5.91 Å². The van der Waals surface area contributed by atoms with E-state index in [0.29, 0.717) is 24.3 Å². The van der Waals surface area contributed by atoms with E-state index in [1.165, 1.54) is 0 Å². The van der Waals surface area contributed by atoms with Crippen LogP contribution in [0.2, 0.25) is 0 Å². The van der Waals surface area contributed by atoms with E-state index in [1.54, 1.807) is 24.3 Å². The number of carbonyl (C=O) groups is 2. The molecular formula is C21H27N3O3. The SMILES string of the molecule is CCN(CCO)CC(=O)Nc1ccccc1C(=O)NC(C)c1ccccc1. The average molecular weight is 369 g/mol. The molecule has 27 heavy (non-hydrogen) atoms. The zero-order valence-corrected chi connectivity index (χ0v) is 15.8. The molecule has 0 aliphatic carbocycles. The topological polar surface area (TPSA) is 81.7 Å². The standard InChI is InChI=1S/C21H27N3O3/c1-3-24(13-14-25)15-20(26)23-19-12-8-7-11-18(19)21(27)22-16(2)17-9-5-4-6-10-17/h4-12,16,25H,3,13-15H2,1-2H3,(H,22,27)(H,23,26). The number of hydrogen-bond acceptors (Lipinski definition) is 4. The smallest absolute Gasteiger partial charge is 0.253 e. The van der Waals surface area contributed by atoms with E-state index in [9.17, 15) is 9.59 Å². The van der Waals surface area contributed by atoms with Gasteiger partial charge in [-0.15, -0.1) is 0 Å². The number of anilines is 1. The fourth-order valence-electron chi connectivity index (χ4n) is 2.77. The first-order valence-corrected chi connectivity index (χ1v) is 9.13. The molecule has 0 aliphatic rings. The summed E-state index contributed by atoms with van der Waals surface area (Å²) in [4.78, 5) is 26.8. The van der Waals surface area contributed by atoms with Crippen LogP contribution >= 0.6 is 0 Å². The molecule has 144 valence electrons. The van der Waals surface area contributed by atoms with Gasteiger partial charge in [-0.2, -0.15) is 0 Å². The van der Waals surface area contributed by atoms with Crippen molar-refractivity contribution in [2.45, 2.75) is 19.9 Å². The third-order valence-corrected chi connectivity index (χ3v) is 4.32. The molecule has 0 fully saturated rings. The molecule has 3 N–H and O–H groups in total. The van der Waals surface area contributed by atoms with Crippen molar-refractivity contribution in [1.82, 2.24) is 10.2 Å². The van der Waals surface area contributed by atoms with Gasteiger partial charge in [-0.25, -0.2) is 0 Å². The number of rotatable bonds is 9. The molecule has 2 aromatic rings. The summed E-state index contributed by atoms with van der Waals surface area (Å²) in [5.74, 6) is -0.466. The molecular weight excluding hydrogens is 342 g/mol. The van der Waals surface area contributed by atoms with Crippen molar-refractivity contribution in [2.75, 3.05) is 31.6 Å². The van der Waals surface area contributed by atoms with E-state index in [2.05, 4.69) is 10.6 Å². The quantitative estimate of drug-likeness (QED) is 0.634. The fourth-order valence-corrected chi connectivity index (χ4v) is 2.77. The van der Waals surface area contributed by atoms with Crippen LogP contribution in [0, 0.1) is 0 Å². The number of benzene rings is 2. The average Bonchev–Trinajstić information content (AvgIpc) is 2.68. The number of nitrogens with zero attached hydrogens (tertiary/aromatic N) is 1. The van der Waals surface area contributed by atoms with Crippen molar-refractivity contribution in [2.24, 2.45) is 0 Å². The predicted molar refractivity (Wildman–Crippen MR) is 107 cm³/mol. The number of amides is 2. The first-order chi connectivity index (χ1) is 13.0. The maximum atomic E-state index is 12.7. The van der Waals surface area contributed by atoms with Gasteiger partial charge in [0.2, 0.25) is 5.91 Å². The Labute approximate surface area is 160 Å². The Balaban J connectivity index is 2.06. The lowest BCUT2D eigenvalue weighted by Gasteiger charge is -2.19. The highest BCUT2D eigenvalue weighted by Crippen LogP contribution is 2.18. The van der Waals surface area contributed by atoms with Crippen LogP contribution in [0.3, 0.4) is 0 Å². The van der Waals surface area contributed by atoms with Gasteiger partial charge >= 0.3 is 0 Å². The van der Waals surface area contributed by atoms with Gasteiger partial charge in [0, 0.05) is 6.54 Å². The highest BCUT2D eigenvalue weighted by Gasteiger charge is 2.16. The molecule has 0 aliphatic heterocycles. The van der Waals surface area contributed by atoms with Gasteiger partial charge in [-0.3, -0.25) is 14.5 Å². The zero-order chi connectivity index (χ0) is 19.6. The number of carbonyl (C=O) groups excluding carboxylic acids is 2. The molecule has 1 unspecified atom stereocenters. The molecule has 6 heteroatoms. The normalized spacial score (nSPS) is 11.9. The predicted octanol–water partition coefficient (Wildman–Crippen LogP) is 2.43. The molecule has 0 spiro atoms. The molecule has 6 nitrogen and oxygen atoms in total. The summed E-state index contributed by atoms with van der Waals surface area (Å²) in [5, 5.41) is 14.8. The van der Waals surface area contributed by atoms with E-state index < -0.39 is 0 Å². The highest BCUT2D eigenvalue weighted by molar-refractivity contribution is 6.04. The van der Waals surface area contributed by atoms with Gasteiger partial charge in [-0.05, 0) is 31.2 Å². The van der Waals surface area contributed by atoms with E-state index in [-0.39, 0.29) is 31.0 Å². The molecule has 2 rings (SSSR count). The molecule has 0 radical (unpaired) electrons. The third kappa shape index (κ3) is 6.20. The summed E-state index contributed by atoms with van der Waals surface area (Å²) in [5.41, 5.74) is 1.90. The fraction of sp³-hybridized carbons (Fsp3) is 0.333. The first-order valence-electron chi connectivity index (χ1n) is 9.13. The lowest BCUT2D eigenvalue weighted by atomic mass is 10.1. The van der Waals surface area contributed by atoms with Crippen LogP contribution in [-0.4, -0.2) is 48.1 Å². The van der Waals surface area contributed by atoms with E-state index in [4.69, 9.17) is 5.11 Å². The van der Waals surface area contributed by atoms with E-state index in [0.717, 1.165) is 5.56 Å². The van der Waals surface area contributed by atoms with Gasteiger partial charge in [0.05, 0.1) is 30.4 Å². The summed E-state index contributed by atoms with van der Waals surface area (Å²) in [6.45, 7) is 5.09. The molecule has 2 aromatic carbocycles. The van der Waals surface area contributed by atoms with Crippen molar-refractivity contribution in [3.8, 4) is 0 Å². The summed E-state index contributed by atoms with van der Waals surface area (Å²) in [6.07, 6.45) is 0. The second-order valence-corrected chi connectivity index (χ2v) is 6.29. The third-order valence-electron chi connectivity index (χ3n) is 4.32. The lowest BCUT2D eigenvalue weighted by molar-refractivity contribution is -0.117. The van der Waals surface area contributed by atoms with Crippen molar-refractivity contribution in [1.29, 1.82) is 0 Å². The second-order valence-electron chi connectivity index (χ2n) is 6.29. The summed E-state index contributed by atoms with van der Waals surface area (Å²) < 4.78 is 0. The number of likely N-dealkylation sites (N-methyl/N-ethyl adjacent to an activating group) is 1. The minimum absolute atomic E-state index is 0.00249. The van der Waals surface area contributed by atoms with Crippen LogP contribution in [0.1, 0.15) is 35.8 Å². The Morgan fingerprint density at radius 1 is 1.07 bits per heavy atom. The van der Waals surface area contributed by atoms with E-state index in [1.807, 2.05) is 49.1 Å². The minimum atomic E-state index is -0.245. The van der Waals surface area contributed by atoms with Gasteiger partial charge in [0.15, 0.2) is 0 Å².